The summed E-state index contributed by atoms with van der Waals surface area (Å²) in [6.45, 7) is 1.11. The van der Waals surface area contributed by atoms with Crippen molar-refractivity contribution in [2.24, 2.45) is 0 Å². The van der Waals surface area contributed by atoms with Crippen LogP contribution in [0.5, 0.6) is 0 Å². The number of hydrogen-bond acceptors (Lipinski definition) is 4. The third-order valence-corrected chi connectivity index (χ3v) is 4.86. The van der Waals surface area contributed by atoms with Crippen molar-refractivity contribution in [1.82, 2.24) is 25.3 Å². The summed E-state index contributed by atoms with van der Waals surface area (Å²) in [6, 6.07) is 3.44. The smallest absolute Gasteiger partial charge is 0.254 e. The number of furan rings is 1. The Bertz CT molecular complexity index is 1090. The molecule has 0 aliphatic heterocycles. The van der Waals surface area contributed by atoms with Crippen LogP contribution >= 0.6 is 23.2 Å². The molecular formula is C17H15Cl2N6O2+. The Hall–Kier alpha value is -2.84. The molecule has 0 bridgehead atoms. The number of aryl methyl sites for hydroxylation is 1. The highest BCUT2D eigenvalue weighted by Crippen LogP contribution is 2.21. The molecule has 4 aromatic heterocycles. The number of halogens is 2. The largest absolute Gasteiger partial charge is 0.472 e. The van der Waals surface area contributed by atoms with Gasteiger partial charge in [0.15, 0.2) is 5.65 Å². The molecule has 0 atom stereocenters. The molecule has 0 unspecified atom stereocenters. The van der Waals surface area contributed by atoms with Crippen LogP contribution in [0.1, 0.15) is 16.8 Å². The molecule has 0 radical (unpaired) electrons. The minimum absolute atomic E-state index is 0.201. The molecule has 0 spiro atoms. The Morgan fingerprint density at radius 2 is 2.22 bits per heavy atom. The summed E-state index contributed by atoms with van der Waals surface area (Å²) in [4.78, 5) is 27.2. The minimum Gasteiger partial charge on any atom is -0.472 e. The van der Waals surface area contributed by atoms with Gasteiger partial charge in [0.1, 0.15) is 12.1 Å². The van der Waals surface area contributed by atoms with Gasteiger partial charge in [-0.15, -0.1) is 0 Å². The highest BCUT2D eigenvalue weighted by molar-refractivity contribution is 6.39. The number of imidazole rings is 2. The van der Waals surface area contributed by atoms with E-state index in [-0.39, 0.29) is 5.91 Å². The van der Waals surface area contributed by atoms with Gasteiger partial charge in [0.2, 0.25) is 6.33 Å². The minimum atomic E-state index is -0.201. The molecule has 0 aliphatic carbocycles. The normalized spacial score (nSPS) is 11.2. The maximum absolute atomic E-state index is 12.6. The number of pyridine rings is 1. The Morgan fingerprint density at radius 1 is 1.33 bits per heavy atom. The Balaban J connectivity index is 1.44. The number of hydrogen-bond donors (Lipinski definition) is 3. The first-order valence-electron chi connectivity index (χ1n) is 8.21. The van der Waals surface area contributed by atoms with Crippen molar-refractivity contribution < 1.29 is 13.8 Å². The highest BCUT2D eigenvalue weighted by Gasteiger charge is 2.16. The van der Waals surface area contributed by atoms with Gasteiger partial charge < -0.3 is 14.7 Å². The molecule has 3 N–H and O–H groups in total. The lowest BCUT2D eigenvalue weighted by Crippen LogP contribution is -2.35. The number of nitrogens with one attached hydrogen (secondary N) is 3. The van der Waals surface area contributed by atoms with Gasteiger partial charge in [-0.3, -0.25) is 4.79 Å². The number of nitrogens with zero attached hydrogens (tertiary/aromatic N) is 3. The van der Waals surface area contributed by atoms with Crippen molar-refractivity contribution in [1.29, 1.82) is 0 Å². The SMILES string of the molecule is O=C(NCCC[n+]1c[nH]c(Cl)c1Cl)c1ccnc2nc(-c3ccoc3)[nH]c12. The van der Waals surface area contributed by atoms with Crippen LogP contribution in [0.4, 0.5) is 0 Å². The summed E-state index contributed by atoms with van der Waals surface area (Å²) in [5, 5.41) is 3.74. The fraction of sp³-hybridized carbons (Fsp3) is 0.176. The van der Waals surface area contributed by atoms with Gasteiger partial charge >= 0.3 is 0 Å². The number of carbonyl (C=O) groups is 1. The number of fused-ring (bicyclic) bond motifs is 1. The molecule has 27 heavy (non-hydrogen) atoms. The van der Waals surface area contributed by atoms with E-state index < -0.39 is 0 Å². The summed E-state index contributed by atoms with van der Waals surface area (Å²) >= 11 is 11.9. The topological polar surface area (TPSA) is 103 Å². The number of aromatic nitrogens is 5. The molecule has 4 aromatic rings. The fourth-order valence-corrected chi connectivity index (χ4v) is 3.07. The second kappa shape index (κ2) is 7.42. The second-order valence-corrected chi connectivity index (χ2v) is 6.57. The quantitative estimate of drug-likeness (QED) is 0.338. The lowest BCUT2D eigenvalue weighted by atomic mass is 10.2. The van der Waals surface area contributed by atoms with Crippen LogP contribution in [0, 0.1) is 0 Å². The summed E-state index contributed by atoms with van der Waals surface area (Å²) in [5.74, 6) is 0.398. The zero-order chi connectivity index (χ0) is 18.8. The van der Waals surface area contributed by atoms with Crippen LogP contribution in [-0.4, -0.2) is 32.4 Å². The van der Waals surface area contributed by atoms with Crippen molar-refractivity contribution in [2.45, 2.75) is 13.0 Å². The number of aromatic amines is 2. The van der Waals surface area contributed by atoms with Crippen LogP contribution < -0.4 is 9.88 Å². The third kappa shape index (κ3) is 3.54. The van der Waals surface area contributed by atoms with E-state index in [0.717, 1.165) is 5.56 Å². The number of rotatable bonds is 6. The second-order valence-electron chi connectivity index (χ2n) is 5.84. The van der Waals surface area contributed by atoms with Gasteiger partial charge in [-0.2, -0.15) is 0 Å². The van der Waals surface area contributed by atoms with Crippen LogP contribution in [0.15, 0.2) is 41.6 Å². The van der Waals surface area contributed by atoms with E-state index in [1.165, 1.54) is 0 Å². The molecule has 4 heterocycles. The average molecular weight is 406 g/mol. The van der Waals surface area contributed by atoms with Gasteiger partial charge in [0, 0.05) is 19.2 Å². The van der Waals surface area contributed by atoms with Crippen LogP contribution in [0.2, 0.25) is 10.3 Å². The summed E-state index contributed by atoms with van der Waals surface area (Å²) in [6.07, 6.45) is 7.09. The van der Waals surface area contributed by atoms with Gasteiger partial charge in [-0.1, -0.05) is 0 Å². The summed E-state index contributed by atoms with van der Waals surface area (Å²) < 4.78 is 6.86. The first-order chi connectivity index (χ1) is 13.1. The predicted molar refractivity (Wildman–Crippen MR) is 99.5 cm³/mol. The van der Waals surface area contributed by atoms with Crippen molar-refractivity contribution in [3.63, 3.8) is 0 Å². The van der Waals surface area contributed by atoms with E-state index >= 15 is 0 Å². The lowest BCUT2D eigenvalue weighted by Gasteiger charge is -2.05. The molecule has 0 saturated heterocycles. The molecule has 8 nitrogen and oxygen atoms in total. The van der Waals surface area contributed by atoms with Gasteiger partial charge in [-0.05, 0) is 35.3 Å². The molecule has 4 rings (SSSR count). The van der Waals surface area contributed by atoms with Crippen LogP contribution in [0.3, 0.4) is 0 Å². The number of carbonyl (C=O) groups excluding carboxylic acids is 1. The molecule has 0 saturated carbocycles. The van der Waals surface area contributed by atoms with Crippen molar-refractivity contribution >= 4 is 40.3 Å². The predicted octanol–water partition coefficient (Wildman–Crippen LogP) is 2.96. The van der Waals surface area contributed by atoms with E-state index in [1.54, 1.807) is 41.8 Å². The monoisotopic (exact) mass is 405 g/mol. The Kier molecular flexibility index (Phi) is 4.83. The van der Waals surface area contributed by atoms with Gasteiger partial charge in [0.25, 0.3) is 16.2 Å². The van der Waals surface area contributed by atoms with E-state index in [1.807, 2.05) is 0 Å². The molecule has 0 aliphatic rings. The van der Waals surface area contributed by atoms with Crippen molar-refractivity contribution in [3.8, 4) is 11.4 Å². The zero-order valence-corrected chi connectivity index (χ0v) is 15.5. The Labute approximate surface area is 163 Å². The molecule has 138 valence electrons. The van der Waals surface area contributed by atoms with E-state index in [9.17, 15) is 4.79 Å². The maximum Gasteiger partial charge on any atom is 0.254 e. The number of amides is 1. The maximum atomic E-state index is 12.6. The van der Waals surface area contributed by atoms with Gasteiger partial charge in [0.05, 0.1) is 29.5 Å². The van der Waals surface area contributed by atoms with E-state index in [0.29, 0.717) is 52.4 Å². The first kappa shape index (κ1) is 17.6. The summed E-state index contributed by atoms with van der Waals surface area (Å²) in [5.41, 5.74) is 2.33. The molecular weight excluding hydrogens is 391 g/mol. The summed E-state index contributed by atoms with van der Waals surface area (Å²) in [7, 11) is 0. The van der Waals surface area contributed by atoms with Crippen molar-refractivity contribution in [3.05, 3.63) is 53.1 Å². The average Bonchev–Trinajstić information content (AvgIpc) is 3.40. The van der Waals surface area contributed by atoms with Crippen molar-refractivity contribution in [2.75, 3.05) is 6.54 Å². The zero-order valence-electron chi connectivity index (χ0n) is 14.0. The molecule has 10 heteroatoms. The van der Waals surface area contributed by atoms with E-state index in [4.69, 9.17) is 27.6 Å². The van der Waals surface area contributed by atoms with Crippen LogP contribution in [0.25, 0.3) is 22.6 Å². The fourth-order valence-electron chi connectivity index (χ4n) is 2.72. The van der Waals surface area contributed by atoms with Gasteiger partial charge in [-0.25, -0.2) is 19.5 Å². The third-order valence-electron chi connectivity index (χ3n) is 4.07. The Morgan fingerprint density at radius 3 is 2.96 bits per heavy atom. The standard InChI is InChI=1S/C17H14Cl2N6O2/c18-13-14(19)25(9-22-13)6-1-4-21-17(26)11-2-5-20-16-12(11)23-15(24-16)10-3-7-27-8-10/h2-3,5,7-9H,1,4,6H2,(H2,20,21,23,24,26)/p+1. The highest BCUT2D eigenvalue weighted by atomic mass is 35.5. The first-order valence-corrected chi connectivity index (χ1v) is 8.96. The molecule has 0 aromatic carbocycles. The lowest BCUT2D eigenvalue weighted by molar-refractivity contribution is -0.693. The molecule has 1 amide bonds. The van der Waals surface area contributed by atoms with Crippen LogP contribution in [-0.2, 0) is 6.54 Å². The molecule has 0 fully saturated rings. The number of H-pyrrole nitrogens is 2. The van der Waals surface area contributed by atoms with E-state index in [2.05, 4.69) is 25.3 Å².